The van der Waals surface area contributed by atoms with Crippen LogP contribution < -0.4 is 5.73 Å². The van der Waals surface area contributed by atoms with Gasteiger partial charge in [0.1, 0.15) is 5.82 Å². The van der Waals surface area contributed by atoms with Gasteiger partial charge in [-0.3, -0.25) is 0 Å². The normalized spacial score (nSPS) is 24.0. The topological polar surface area (TPSA) is 60.2 Å². The summed E-state index contributed by atoms with van der Waals surface area (Å²) < 4.78 is 38.6. The van der Waals surface area contributed by atoms with Crippen LogP contribution in [-0.4, -0.2) is 18.7 Å². The molecule has 114 valence electrons. The van der Waals surface area contributed by atoms with E-state index in [9.17, 15) is 12.8 Å². The molecule has 0 unspecified atom stereocenters. The Hall–Kier alpha value is -1.79. The molecule has 6 heteroatoms. The van der Waals surface area contributed by atoms with Crippen molar-refractivity contribution < 1.29 is 12.8 Å². The molecule has 1 fully saturated rings. The molecular weight excluding hydrogens is 321 g/mol. The molecule has 0 spiro atoms. The van der Waals surface area contributed by atoms with E-state index in [1.807, 2.05) is 0 Å². The Morgan fingerprint density at radius 2 is 1.64 bits per heavy atom. The van der Waals surface area contributed by atoms with Gasteiger partial charge >= 0.3 is 0 Å². The van der Waals surface area contributed by atoms with Gasteiger partial charge in [-0.15, -0.1) is 0 Å². The molecule has 2 N–H and O–H groups in total. The number of halogens is 1. The van der Waals surface area contributed by atoms with Crippen molar-refractivity contribution in [2.45, 2.75) is 16.1 Å². The van der Waals surface area contributed by atoms with Crippen molar-refractivity contribution in [3.05, 3.63) is 66.0 Å². The Labute approximate surface area is 133 Å². The minimum atomic E-state index is -3.53. The number of sulfone groups is 1. The van der Waals surface area contributed by atoms with Crippen LogP contribution in [0.25, 0.3) is 0 Å². The van der Waals surface area contributed by atoms with Crippen molar-refractivity contribution in [1.29, 1.82) is 0 Å². The zero-order valence-corrected chi connectivity index (χ0v) is 13.1. The molecule has 22 heavy (non-hydrogen) atoms. The lowest BCUT2D eigenvalue weighted by Crippen LogP contribution is -2.17. The van der Waals surface area contributed by atoms with Crippen LogP contribution >= 0.6 is 12.2 Å². The number of rotatable bonds is 4. The predicted octanol–water partition coefficient (Wildman–Crippen LogP) is 2.67. The van der Waals surface area contributed by atoms with Crippen molar-refractivity contribution in [2.75, 3.05) is 0 Å². The Morgan fingerprint density at radius 3 is 2.18 bits per heavy atom. The maximum absolute atomic E-state index is 13.1. The van der Waals surface area contributed by atoms with Crippen molar-refractivity contribution in [3.8, 4) is 0 Å². The first-order valence-electron chi connectivity index (χ1n) is 6.76. The van der Waals surface area contributed by atoms with Crippen LogP contribution in [-0.2, 0) is 9.84 Å². The van der Waals surface area contributed by atoms with E-state index in [4.69, 9.17) is 18.0 Å². The molecular formula is C16H14FNO2S2. The molecule has 0 bridgehead atoms. The molecule has 0 aromatic heterocycles. The molecule has 0 heterocycles. The molecule has 0 saturated heterocycles. The molecule has 1 aliphatic rings. The number of thiocarbonyl (C=S) groups is 1. The largest absolute Gasteiger partial charge is 0.393 e. The number of hydrogen-bond donors (Lipinski definition) is 1. The molecule has 0 radical (unpaired) electrons. The maximum Gasteiger partial charge on any atom is 0.182 e. The highest BCUT2D eigenvalue weighted by Gasteiger charge is 2.60. The smallest absolute Gasteiger partial charge is 0.182 e. The minimum absolute atomic E-state index is 0.179. The van der Waals surface area contributed by atoms with E-state index in [0.717, 1.165) is 5.56 Å². The highest BCUT2D eigenvalue weighted by atomic mass is 32.2. The summed E-state index contributed by atoms with van der Waals surface area (Å²) in [6.07, 6.45) is 0. The van der Waals surface area contributed by atoms with E-state index in [1.54, 1.807) is 42.5 Å². The third-order valence-corrected chi connectivity index (χ3v) is 6.47. The Bertz CT molecular complexity index is 804. The lowest BCUT2D eigenvalue weighted by Gasteiger charge is -2.04. The molecule has 0 amide bonds. The van der Waals surface area contributed by atoms with Crippen LogP contribution in [0.5, 0.6) is 0 Å². The van der Waals surface area contributed by atoms with Crippen molar-refractivity contribution in [2.24, 2.45) is 11.7 Å². The van der Waals surface area contributed by atoms with Crippen LogP contribution in [0.15, 0.2) is 59.5 Å². The fourth-order valence-electron chi connectivity index (χ4n) is 2.86. The summed E-state index contributed by atoms with van der Waals surface area (Å²) in [5.41, 5.74) is 6.45. The summed E-state index contributed by atoms with van der Waals surface area (Å²) in [7, 11) is -3.53. The summed E-state index contributed by atoms with van der Waals surface area (Å²) in [6.45, 7) is 0. The standard InChI is InChI=1S/C16H14FNO2S2/c17-11-8-6-10(7-9-11)13-14(16(18)21)15(13)22(19,20)12-4-2-1-3-5-12/h1-9,13-15H,(H2,18,21)/t13-,14-,15+/m1/s1. The fourth-order valence-corrected chi connectivity index (χ4v) is 5.41. The van der Waals surface area contributed by atoms with Gasteiger partial charge in [0.05, 0.1) is 15.1 Å². The molecule has 3 nitrogen and oxygen atoms in total. The Morgan fingerprint density at radius 1 is 1.05 bits per heavy atom. The summed E-state index contributed by atoms with van der Waals surface area (Å²) in [5, 5.41) is -0.683. The van der Waals surface area contributed by atoms with E-state index in [-0.39, 0.29) is 21.6 Å². The molecule has 2 aromatic carbocycles. The van der Waals surface area contributed by atoms with Gasteiger partial charge in [-0.05, 0) is 29.8 Å². The van der Waals surface area contributed by atoms with Crippen molar-refractivity contribution >= 4 is 27.0 Å². The quantitative estimate of drug-likeness (QED) is 0.873. The fraction of sp³-hybridized carbons (Fsp3) is 0.188. The molecule has 1 saturated carbocycles. The second-order valence-electron chi connectivity index (χ2n) is 5.33. The van der Waals surface area contributed by atoms with Crippen LogP contribution in [0.4, 0.5) is 4.39 Å². The minimum Gasteiger partial charge on any atom is -0.393 e. The number of benzene rings is 2. The van der Waals surface area contributed by atoms with E-state index >= 15 is 0 Å². The van der Waals surface area contributed by atoms with Gasteiger partial charge in [0.15, 0.2) is 9.84 Å². The van der Waals surface area contributed by atoms with Gasteiger partial charge in [-0.1, -0.05) is 42.5 Å². The van der Waals surface area contributed by atoms with Gasteiger partial charge in [0.25, 0.3) is 0 Å². The first-order valence-corrected chi connectivity index (χ1v) is 8.72. The highest BCUT2D eigenvalue weighted by molar-refractivity contribution is 7.92. The lowest BCUT2D eigenvalue weighted by atomic mass is 10.1. The predicted molar refractivity (Wildman–Crippen MR) is 86.8 cm³/mol. The monoisotopic (exact) mass is 335 g/mol. The molecule has 3 atom stereocenters. The van der Waals surface area contributed by atoms with E-state index < -0.39 is 21.0 Å². The van der Waals surface area contributed by atoms with E-state index in [0.29, 0.717) is 0 Å². The molecule has 2 aromatic rings. The van der Waals surface area contributed by atoms with Crippen LogP contribution in [0.2, 0.25) is 0 Å². The number of hydrogen-bond acceptors (Lipinski definition) is 3. The molecule has 1 aliphatic carbocycles. The highest BCUT2D eigenvalue weighted by Crippen LogP contribution is 2.54. The second kappa shape index (κ2) is 5.44. The molecule has 0 aliphatic heterocycles. The van der Waals surface area contributed by atoms with Crippen LogP contribution in [0, 0.1) is 11.7 Å². The van der Waals surface area contributed by atoms with Gasteiger partial charge in [-0.2, -0.15) is 0 Å². The first-order chi connectivity index (χ1) is 10.4. The Kier molecular flexibility index (Phi) is 3.74. The second-order valence-corrected chi connectivity index (χ2v) is 7.91. The third-order valence-electron chi connectivity index (χ3n) is 3.97. The van der Waals surface area contributed by atoms with Crippen molar-refractivity contribution in [3.63, 3.8) is 0 Å². The summed E-state index contributed by atoms with van der Waals surface area (Å²) >= 11 is 5.02. The van der Waals surface area contributed by atoms with E-state index in [2.05, 4.69) is 0 Å². The zero-order valence-electron chi connectivity index (χ0n) is 11.5. The lowest BCUT2D eigenvalue weighted by molar-refractivity contribution is 0.593. The average molecular weight is 335 g/mol. The SMILES string of the molecule is NC(=S)[C@@H]1[C@@H](c2ccc(F)cc2)[C@@H]1S(=O)(=O)c1ccccc1. The van der Waals surface area contributed by atoms with Crippen LogP contribution in [0.1, 0.15) is 11.5 Å². The molecule has 3 rings (SSSR count). The van der Waals surface area contributed by atoms with Crippen molar-refractivity contribution in [1.82, 2.24) is 0 Å². The van der Waals surface area contributed by atoms with Gasteiger partial charge in [-0.25, -0.2) is 12.8 Å². The van der Waals surface area contributed by atoms with Gasteiger partial charge in [0, 0.05) is 11.8 Å². The van der Waals surface area contributed by atoms with E-state index in [1.165, 1.54) is 12.1 Å². The first kappa shape index (κ1) is 15.1. The Balaban J connectivity index is 1.99. The summed E-state index contributed by atoms with van der Waals surface area (Å²) in [4.78, 5) is 0.435. The summed E-state index contributed by atoms with van der Waals surface area (Å²) in [6, 6.07) is 14.0. The third kappa shape index (κ3) is 2.53. The van der Waals surface area contributed by atoms with Crippen LogP contribution in [0.3, 0.4) is 0 Å². The summed E-state index contributed by atoms with van der Waals surface area (Å²) in [5.74, 6) is -1.09. The zero-order chi connectivity index (χ0) is 15.9. The average Bonchev–Trinajstić information content (AvgIpc) is 3.25. The van der Waals surface area contributed by atoms with Gasteiger partial charge < -0.3 is 5.73 Å². The maximum atomic E-state index is 13.1. The number of nitrogens with two attached hydrogens (primary N) is 1. The van der Waals surface area contributed by atoms with Gasteiger partial charge in [0.2, 0.25) is 0 Å².